The van der Waals surface area contributed by atoms with Gasteiger partial charge >= 0.3 is 6.09 Å². The number of anilines is 1. The molecule has 0 spiro atoms. The molecule has 1 aromatic carbocycles. The molecule has 0 aliphatic heterocycles. The number of para-hydroxylation sites is 1. The van der Waals surface area contributed by atoms with E-state index in [-0.39, 0.29) is 5.69 Å². The van der Waals surface area contributed by atoms with E-state index in [0.717, 1.165) is 4.90 Å². The van der Waals surface area contributed by atoms with Gasteiger partial charge in [0.25, 0.3) is 0 Å². The van der Waals surface area contributed by atoms with Crippen molar-refractivity contribution in [2.45, 2.75) is 0 Å². The Morgan fingerprint density at radius 3 is 2.69 bits per heavy atom. The third kappa shape index (κ3) is 1.96. The van der Waals surface area contributed by atoms with Crippen LogP contribution in [0, 0.1) is 12.9 Å². The molecule has 1 amide bonds. The lowest BCUT2D eigenvalue weighted by molar-refractivity contribution is 0.192. The van der Waals surface area contributed by atoms with E-state index in [0.29, 0.717) is 0 Å². The fraction of sp³-hybridized carbons (Fsp3) is 0.111. The summed E-state index contributed by atoms with van der Waals surface area (Å²) in [6.45, 7) is 0. The molecule has 0 bridgehead atoms. The maximum absolute atomic E-state index is 13.1. The van der Waals surface area contributed by atoms with Gasteiger partial charge in [-0.2, -0.15) is 0 Å². The predicted octanol–water partition coefficient (Wildman–Crippen LogP) is 2.19. The van der Waals surface area contributed by atoms with Gasteiger partial charge in [-0.05, 0) is 12.1 Å². The Morgan fingerprint density at radius 1 is 1.54 bits per heavy atom. The molecule has 3 nitrogen and oxygen atoms in total. The van der Waals surface area contributed by atoms with Gasteiger partial charge in [0, 0.05) is 7.05 Å². The first-order valence-corrected chi connectivity index (χ1v) is 3.61. The summed E-state index contributed by atoms with van der Waals surface area (Å²) in [5.41, 5.74) is 0.163. The molecule has 0 saturated carbocycles. The molecule has 0 unspecified atom stereocenters. The van der Waals surface area contributed by atoms with Crippen LogP contribution in [-0.4, -0.2) is 13.1 Å². The zero-order valence-corrected chi connectivity index (χ0v) is 7.16. The molecule has 4 heteroatoms. The number of carbonyl (C=O) groups excluding carboxylic acids is 1. The van der Waals surface area contributed by atoms with Crippen LogP contribution in [0.5, 0.6) is 0 Å². The first-order chi connectivity index (χ1) is 6.16. The van der Waals surface area contributed by atoms with Crippen molar-refractivity contribution in [2.24, 2.45) is 0 Å². The van der Waals surface area contributed by atoms with Crippen LogP contribution < -0.4 is 4.90 Å². The molecule has 13 heavy (non-hydrogen) atoms. The number of hydrogen-bond acceptors (Lipinski definition) is 2. The summed E-state index contributed by atoms with van der Waals surface area (Å²) in [5, 5.41) is 0. The molecular weight excluding hydrogens is 173 g/mol. The lowest BCUT2D eigenvalue weighted by Gasteiger charge is -2.15. The highest BCUT2D eigenvalue weighted by atomic mass is 19.1. The molecule has 69 valence electrons. The van der Waals surface area contributed by atoms with E-state index in [2.05, 4.69) is 11.8 Å². The standard InChI is InChI=1S/C9H9FNO2/c1-11(9(12)13-2)8-6-4-3-5-7(8)10/h3-6H,2H2,1H3. The summed E-state index contributed by atoms with van der Waals surface area (Å²) in [7, 11) is 4.36. The van der Waals surface area contributed by atoms with Gasteiger partial charge in [0.1, 0.15) is 12.9 Å². The molecule has 0 heterocycles. The number of hydrogen-bond donors (Lipinski definition) is 0. The second-order valence-corrected chi connectivity index (χ2v) is 2.42. The maximum atomic E-state index is 13.1. The van der Waals surface area contributed by atoms with Gasteiger partial charge in [-0.15, -0.1) is 0 Å². The summed E-state index contributed by atoms with van der Waals surface area (Å²) in [4.78, 5) is 12.0. The fourth-order valence-corrected chi connectivity index (χ4v) is 0.919. The monoisotopic (exact) mass is 182 g/mol. The predicted molar refractivity (Wildman–Crippen MR) is 46.6 cm³/mol. The molecule has 1 aromatic rings. The first-order valence-electron chi connectivity index (χ1n) is 3.61. The average Bonchev–Trinajstić information content (AvgIpc) is 2.16. The molecule has 0 aliphatic rings. The molecule has 0 atom stereocenters. The third-order valence-corrected chi connectivity index (χ3v) is 1.61. The smallest absolute Gasteiger partial charge is 0.414 e. The van der Waals surface area contributed by atoms with Crippen molar-refractivity contribution in [3.05, 3.63) is 37.2 Å². The van der Waals surface area contributed by atoms with E-state index in [1.807, 2.05) is 0 Å². The fourth-order valence-electron chi connectivity index (χ4n) is 0.919. The van der Waals surface area contributed by atoms with Crippen LogP contribution in [0.1, 0.15) is 0 Å². The van der Waals surface area contributed by atoms with Gasteiger partial charge in [0.15, 0.2) is 0 Å². The van der Waals surface area contributed by atoms with E-state index < -0.39 is 11.9 Å². The summed E-state index contributed by atoms with van der Waals surface area (Å²) in [5.74, 6) is -0.476. The Kier molecular flexibility index (Phi) is 2.84. The average molecular weight is 182 g/mol. The molecule has 0 N–H and O–H groups in total. The highest BCUT2D eigenvalue weighted by molar-refractivity contribution is 5.87. The Morgan fingerprint density at radius 2 is 2.15 bits per heavy atom. The van der Waals surface area contributed by atoms with Crippen LogP contribution in [0.3, 0.4) is 0 Å². The quantitative estimate of drug-likeness (QED) is 0.666. The van der Waals surface area contributed by atoms with Crippen LogP contribution in [0.4, 0.5) is 14.9 Å². The maximum Gasteiger partial charge on any atom is 0.414 e. The molecule has 0 aliphatic carbocycles. The summed E-state index contributed by atoms with van der Waals surface area (Å²) >= 11 is 0. The van der Waals surface area contributed by atoms with E-state index in [9.17, 15) is 9.18 Å². The van der Waals surface area contributed by atoms with Gasteiger partial charge in [0.2, 0.25) is 0 Å². The molecule has 1 rings (SSSR count). The first kappa shape index (κ1) is 9.51. The lowest BCUT2D eigenvalue weighted by atomic mass is 10.3. The van der Waals surface area contributed by atoms with E-state index in [4.69, 9.17) is 0 Å². The van der Waals surface area contributed by atoms with Crippen LogP contribution in [-0.2, 0) is 4.74 Å². The molecular formula is C9H9FNO2. The minimum Gasteiger partial charge on any atom is -0.446 e. The van der Waals surface area contributed by atoms with Crippen LogP contribution in [0.25, 0.3) is 0 Å². The number of carbonyl (C=O) groups is 1. The van der Waals surface area contributed by atoms with Crippen molar-refractivity contribution in [3.63, 3.8) is 0 Å². The Bertz CT molecular complexity index is 314. The number of amides is 1. The van der Waals surface area contributed by atoms with Gasteiger partial charge in [0.05, 0.1) is 5.69 Å². The highest BCUT2D eigenvalue weighted by Crippen LogP contribution is 2.17. The van der Waals surface area contributed by atoms with Gasteiger partial charge < -0.3 is 4.74 Å². The van der Waals surface area contributed by atoms with Crippen molar-refractivity contribution < 1.29 is 13.9 Å². The van der Waals surface area contributed by atoms with E-state index in [1.165, 1.54) is 19.2 Å². The molecule has 1 radical (unpaired) electrons. The Labute approximate surface area is 75.7 Å². The second kappa shape index (κ2) is 3.89. The zero-order valence-electron chi connectivity index (χ0n) is 7.16. The number of nitrogens with zero attached hydrogens (tertiary/aromatic N) is 1. The van der Waals surface area contributed by atoms with Crippen molar-refractivity contribution in [1.29, 1.82) is 0 Å². The topological polar surface area (TPSA) is 29.5 Å². The van der Waals surface area contributed by atoms with Crippen molar-refractivity contribution in [1.82, 2.24) is 0 Å². The zero-order chi connectivity index (χ0) is 9.84. The summed E-state index contributed by atoms with van der Waals surface area (Å²) < 4.78 is 17.3. The Balaban J connectivity index is 2.95. The van der Waals surface area contributed by atoms with Gasteiger partial charge in [-0.1, -0.05) is 12.1 Å². The lowest BCUT2D eigenvalue weighted by Crippen LogP contribution is -2.26. The normalized spacial score (nSPS) is 9.46. The number of rotatable bonds is 1. The molecule has 0 fully saturated rings. The largest absolute Gasteiger partial charge is 0.446 e. The highest BCUT2D eigenvalue weighted by Gasteiger charge is 2.13. The minimum absolute atomic E-state index is 0.163. The van der Waals surface area contributed by atoms with Crippen molar-refractivity contribution in [2.75, 3.05) is 11.9 Å². The van der Waals surface area contributed by atoms with Gasteiger partial charge in [-0.25, -0.2) is 9.18 Å². The second-order valence-electron chi connectivity index (χ2n) is 2.42. The van der Waals surface area contributed by atoms with Crippen molar-refractivity contribution in [3.8, 4) is 0 Å². The van der Waals surface area contributed by atoms with E-state index >= 15 is 0 Å². The summed E-state index contributed by atoms with van der Waals surface area (Å²) in [6, 6.07) is 5.92. The minimum atomic E-state index is -0.704. The van der Waals surface area contributed by atoms with Crippen LogP contribution in [0.2, 0.25) is 0 Å². The van der Waals surface area contributed by atoms with Gasteiger partial charge in [-0.3, -0.25) is 4.90 Å². The number of halogens is 1. The molecule has 0 aromatic heterocycles. The van der Waals surface area contributed by atoms with Crippen molar-refractivity contribution >= 4 is 11.8 Å². The molecule has 0 saturated heterocycles. The van der Waals surface area contributed by atoms with Crippen LogP contribution >= 0.6 is 0 Å². The van der Waals surface area contributed by atoms with E-state index in [1.54, 1.807) is 12.1 Å². The summed E-state index contributed by atoms with van der Waals surface area (Å²) in [6.07, 6.45) is -0.704. The number of ether oxygens (including phenoxy) is 1. The Hall–Kier alpha value is -1.58. The van der Waals surface area contributed by atoms with Crippen LogP contribution in [0.15, 0.2) is 24.3 Å². The number of benzene rings is 1. The third-order valence-electron chi connectivity index (χ3n) is 1.61. The SMILES string of the molecule is [CH2]OC(=O)N(C)c1ccccc1F.